The Morgan fingerprint density at radius 2 is 1.60 bits per heavy atom. The summed E-state index contributed by atoms with van der Waals surface area (Å²) in [6, 6.07) is 4.60. The number of esters is 1. The SMILES string of the molecule is CCC(CC)c1ccc(C(CC)CC)n1CC[C@@H]1C[C@@H](O)CC(=O)O1. The molecule has 1 aliphatic rings. The highest BCUT2D eigenvalue weighted by Gasteiger charge is 2.28. The first-order chi connectivity index (χ1) is 12.0. The summed E-state index contributed by atoms with van der Waals surface area (Å²) in [5, 5.41) is 9.84. The van der Waals surface area contributed by atoms with Crippen LogP contribution in [0.15, 0.2) is 12.1 Å². The molecule has 0 radical (unpaired) electrons. The quantitative estimate of drug-likeness (QED) is 0.654. The van der Waals surface area contributed by atoms with E-state index in [9.17, 15) is 9.90 Å². The average molecular weight is 350 g/mol. The van der Waals surface area contributed by atoms with Crippen molar-refractivity contribution in [2.45, 2.75) is 103 Å². The molecule has 0 bridgehead atoms. The number of carbonyl (C=O) groups excluding carboxylic acids is 1. The number of aromatic nitrogens is 1. The molecule has 2 rings (SSSR count). The van der Waals surface area contributed by atoms with E-state index in [1.165, 1.54) is 11.4 Å². The molecule has 0 aliphatic carbocycles. The third-order valence-corrected chi connectivity index (χ3v) is 5.77. The van der Waals surface area contributed by atoms with Crippen molar-refractivity contribution in [3.63, 3.8) is 0 Å². The van der Waals surface area contributed by atoms with Gasteiger partial charge >= 0.3 is 5.97 Å². The molecule has 4 heteroatoms. The molecular weight excluding hydrogens is 314 g/mol. The van der Waals surface area contributed by atoms with Crippen LogP contribution >= 0.6 is 0 Å². The van der Waals surface area contributed by atoms with Crippen molar-refractivity contribution in [1.29, 1.82) is 0 Å². The molecule has 1 saturated heterocycles. The molecule has 1 aromatic heterocycles. The number of hydrogen-bond acceptors (Lipinski definition) is 3. The summed E-state index contributed by atoms with van der Waals surface area (Å²) >= 11 is 0. The number of rotatable bonds is 9. The van der Waals surface area contributed by atoms with Crippen LogP contribution in [0.1, 0.15) is 95.9 Å². The van der Waals surface area contributed by atoms with Crippen molar-refractivity contribution in [1.82, 2.24) is 4.57 Å². The van der Waals surface area contributed by atoms with E-state index >= 15 is 0 Å². The minimum Gasteiger partial charge on any atom is -0.462 e. The van der Waals surface area contributed by atoms with Gasteiger partial charge in [-0.3, -0.25) is 4.79 Å². The molecule has 1 aromatic rings. The van der Waals surface area contributed by atoms with Gasteiger partial charge in [0.2, 0.25) is 0 Å². The van der Waals surface area contributed by atoms with Gasteiger partial charge in [0.25, 0.3) is 0 Å². The van der Waals surface area contributed by atoms with E-state index in [0.717, 1.165) is 38.6 Å². The minimum atomic E-state index is -0.548. The lowest BCUT2D eigenvalue weighted by Gasteiger charge is -2.28. The van der Waals surface area contributed by atoms with E-state index in [4.69, 9.17) is 4.74 Å². The van der Waals surface area contributed by atoms with E-state index in [0.29, 0.717) is 18.3 Å². The van der Waals surface area contributed by atoms with Crippen molar-refractivity contribution in [2.75, 3.05) is 0 Å². The lowest BCUT2D eigenvalue weighted by atomic mass is 9.98. The van der Waals surface area contributed by atoms with Crippen molar-refractivity contribution in [2.24, 2.45) is 0 Å². The monoisotopic (exact) mass is 349 g/mol. The van der Waals surface area contributed by atoms with Crippen LogP contribution in [0.5, 0.6) is 0 Å². The predicted molar refractivity (Wildman–Crippen MR) is 101 cm³/mol. The van der Waals surface area contributed by atoms with Crippen LogP contribution in [0.25, 0.3) is 0 Å². The van der Waals surface area contributed by atoms with Crippen LogP contribution in [-0.4, -0.2) is 27.9 Å². The fourth-order valence-corrected chi connectivity index (χ4v) is 4.20. The molecule has 0 unspecified atom stereocenters. The molecule has 2 heterocycles. The Hall–Kier alpha value is -1.29. The van der Waals surface area contributed by atoms with Gasteiger partial charge in [-0.1, -0.05) is 27.7 Å². The highest BCUT2D eigenvalue weighted by Crippen LogP contribution is 2.32. The van der Waals surface area contributed by atoms with Gasteiger partial charge in [-0.2, -0.15) is 0 Å². The summed E-state index contributed by atoms with van der Waals surface area (Å²) in [6.07, 6.45) is 5.32. The summed E-state index contributed by atoms with van der Waals surface area (Å²) in [6.45, 7) is 9.86. The van der Waals surface area contributed by atoms with Gasteiger partial charge in [0.05, 0.1) is 12.5 Å². The molecular formula is C21H35NO3. The summed E-state index contributed by atoms with van der Waals surface area (Å²) in [7, 11) is 0. The zero-order chi connectivity index (χ0) is 18.4. The molecule has 1 aliphatic heterocycles. The molecule has 0 aromatic carbocycles. The lowest BCUT2D eigenvalue weighted by molar-refractivity contribution is -0.160. The van der Waals surface area contributed by atoms with Gasteiger partial charge in [0.1, 0.15) is 6.10 Å². The summed E-state index contributed by atoms with van der Waals surface area (Å²) in [5.74, 6) is 0.877. The zero-order valence-corrected chi connectivity index (χ0v) is 16.3. The van der Waals surface area contributed by atoms with E-state index in [1.807, 2.05) is 0 Å². The smallest absolute Gasteiger partial charge is 0.308 e. The Morgan fingerprint density at radius 1 is 1.08 bits per heavy atom. The number of carbonyl (C=O) groups is 1. The third kappa shape index (κ3) is 4.87. The maximum atomic E-state index is 11.6. The lowest BCUT2D eigenvalue weighted by Crippen LogP contribution is -2.33. The molecule has 1 N–H and O–H groups in total. The molecule has 142 valence electrons. The standard InChI is InChI=1S/C21H35NO3/c1-5-15(6-2)19-9-10-20(16(7-3)8-4)22(19)12-11-18-13-17(23)14-21(24)25-18/h9-10,15-18,23H,5-8,11-14H2,1-4H3/t17-,18-/m1/s1. The Bertz CT molecular complexity index is 514. The van der Waals surface area contributed by atoms with E-state index in [2.05, 4.69) is 44.4 Å². The van der Waals surface area contributed by atoms with Gasteiger partial charge in [0, 0.05) is 30.8 Å². The predicted octanol–water partition coefficient (Wildman–Crippen LogP) is 4.75. The molecule has 0 spiro atoms. The first kappa shape index (κ1) is 20.0. The molecule has 0 amide bonds. The van der Waals surface area contributed by atoms with Crippen molar-refractivity contribution in [3.8, 4) is 0 Å². The Balaban J connectivity index is 2.20. The van der Waals surface area contributed by atoms with Crippen molar-refractivity contribution in [3.05, 3.63) is 23.5 Å². The number of ether oxygens (including phenoxy) is 1. The third-order valence-electron chi connectivity index (χ3n) is 5.77. The number of aliphatic hydroxyl groups excluding tert-OH is 1. The van der Waals surface area contributed by atoms with Crippen LogP contribution < -0.4 is 0 Å². The first-order valence-corrected chi connectivity index (χ1v) is 10.1. The Labute approximate surface area is 152 Å². The van der Waals surface area contributed by atoms with Gasteiger partial charge in [-0.15, -0.1) is 0 Å². The van der Waals surface area contributed by atoms with Gasteiger partial charge < -0.3 is 14.4 Å². The molecule has 4 nitrogen and oxygen atoms in total. The van der Waals surface area contributed by atoms with Gasteiger partial charge in [0.15, 0.2) is 0 Å². The average Bonchev–Trinajstić information content (AvgIpc) is 2.98. The Morgan fingerprint density at radius 3 is 2.04 bits per heavy atom. The number of hydrogen-bond donors (Lipinski definition) is 1. The second-order valence-corrected chi connectivity index (χ2v) is 7.36. The molecule has 0 saturated carbocycles. The van der Waals surface area contributed by atoms with Crippen LogP contribution in [0, 0.1) is 0 Å². The maximum Gasteiger partial charge on any atom is 0.308 e. The maximum absolute atomic E-state index is 11.6. The van der Waals surface area contributed by atoms with Crippen LogP contribution in [0.4, 0.5) is 0 Å². The number of nitrogens with zero attached hydrogens (tertiary/aromatic N) is 1. The second-order valence-electron chi connectivity index (χ2n) is 7.36. The van der Waals surface area contributed by atoms with Gasteiger partial charge in [-0.25, -0.2) is 0 Å². The summed E-state index contributed by atoms with van der Waals surface area (Å²) in [5.41, 5.74) is 2.82. The van der Waals surface area contributed by atoms with E-state index in [1.54, 1.807) is 0 Å². The largest absolute Gasteiger partial charge is 0.462 e. The summed E-state index contributed by atoms with van der Waals surface area (Å²) in [4.78, 5) is 11.6. The number of aliphatic hydroxyl groups is 1. The fourth-order valence-electron chi connectivity index (χ4n) is 4.20. The van der Waals surface area contributed by atoms with Crippen LogP contribution in [0.3, 0.4) is 0 Å². The highest BCUT2D eigenvalue weighted by atomic mass is 16.5. The zero-order valence-electron chi connectivity index (χ0n) is 16.3. The van der Waals surface area contributed by atoms with E-state index in [-0.39, 0.29) is 18.5 Å². The normalized spacial score (nSPS) is 21.2. The van der Waals surface area contributed by atoms with Crippen molar-refractivity contribution >= 4 is 5.97 Å². The Kier molecular flexibility index (Phi) is 7.55. The van der Waals surface area contributed by atoms with Gasteiger partial charge in [-0.05, 0) is 49.7 Å². The minimum absolute atomic E-state index is 0.137. The molecule has 25 heavy (non-hydrogen) atoms. The van der Waals surface area contributed by atoms with Crippen LogP contribution in [0.2, 0.25) is 0 Å². The van der Waals surface area contributed by atoms with Crippen molar-refractivity contribution < 1.29 is 14.6 Å². The molecule has 1 fully saturated rings. The second kappa shape index (κ2) is 9.42. The molecule has 2 atom stereocenters. The first-order valence-electron chi connectivity index (χ1n) is 10.1. The highest BCUT2D eigenvalue weighted by molar-refractivity contribution is 5.70. The number of cyclic esters (lactones) is 1. The van der Waals surface area contributed by atoms with E-state index < -0.39 is 6.10 Å². The van der Waals surface area contributed by atoms with Crippen LogP contribution in [-0.2, 0) is 16.1 Å². The summed E-state index contributed by atoms with van der Waals surface area (Å²) < 4.78 is 7.93. The topological polar surface area (TPSA) is 51.5 Å². The fraction of sp³-hybridized carbons (Fsp3) is 0.762.